The number of hydrogen-bond acceptors (Lipinski definition) is 6. The minimum absolute atomic E-state index is 0.00231. The Kier molecular flexibility index (Phi) is 6.36. The molecule has 2 aliphatic rings. The van der Waals surface area contributed by atoms with Crippen molar-refractivity contribution in [2.75, 3.05) is 19.8 Å². The Hall–Kier alpha value is -1.68. The molecular weight excluding hydrogens is 396 g/mol. The molecule has 1 aromatic rings. The standard InChI is InChI=1S/C17H21ClN2O6S/c18-14-6-3-11(8-15(14)27(23,24)20-12-4-5-12)17(22)26-10-16(21)19-9-13-2-1-7-25-13/h3,6,8,12-13,20H,1-2,4-5,7,9-10H2,(H,19,21)/t13-/m0/s1. The molecule has 10 heteroatoms. The van der Waals surface area contributed by atoms with Gasteiger partial charge in [-0.25, -0.2) is 17.9 Å². The average Bonchev–Trinajstić information content (AvgIpc) is 3.27. The first kappa shape index (κ1) is 20.1. The number of amides is 1. The fourth-order valence-corrected chi connectivity index (χ4v) is 4.45. The molecule has 1 atom stereocenters. The van der Waals surface area contributed by atoms with Gasteiger partial charge in [-0.15, -0.1) is 0 Å². The SMILES string of the molecule is O=C(COC(=O)c1ccc(Cl)c(S(=O)(=O)NC2CC2)c1)NC[C@@H]1CCCO1. The van der Waals surface area contributed by atoms with Gasteiger partial charge < -0.3 is 14.8 Å². The molecule has 1 aliphatic heterocycles. The van der Waals surface area contributed by atoms with Crippen LogP contribution >= 0.6 is 11.6 Å². The van der Waals surface area contributed by atoms with E-state index >= 15 is 0 Å². The zero-order valence-corrected chi connectivity index (χ0v) is 16.1. The molecule has 2 fully saturated rings. The molecule has 1 heterocycles. The first-order valence-electron chi connectivity index (χ1n) is 8.72. The predicted molar refractivity (Wildman–Crippen MR) is 97.1 cm³/mol. The number of ether oxygens (including phenoxy) is 2. The summed E-state index contributed by atoms with van der Waals surface area (Å²) in [5.41, 5.74) is 0.00231. The fraction of sp³-hybridized carbons (Fsp3) is 0.529. The van der Waals surface area contributed by atoms with E-state index in [0.29, 0.717) is 13.2 Å². The largest absolute Gasteiger partial charge is 0.452 e. The van der Waals surface area contributed by atoms with Crippen LogP contribution in [-0.4, -0.2) is 52.2 Å². The summed E-state index contributed by atoms with van der Waals surface area (Å²) >= 11 is 5.97. The van der Waals surface area contributed by atoms with Crippen LogP contribution in [0.3, 0.4) is 0 Å². The van der Waals surface area contributed by atoms with Gasteiger partial charge >= 0.3 is 5.97 Å². The minimum Gasteiger partial charge on any atom is -0.452 e. The molecule has 1 aliphatic carbocycles. The Morgan fingerprint density at radius 1 is 1.26 bits per heavy atom. The molecular formula is C17H21ClN2O6S. The second kappa shape index (κ2) is 8.55. The summed E-state index contributed by atoms with van der Waals surface area (Å²) in [5.74, 6) is -1.25. The highest BCUT2D eigenvalue weighted by molar-refractivity contribution is 7.89. The van der Waals surface area contributed by atoms with E-state index in [1.807, 2.05) is 0 Å². The molecule has 0 spiro atoms. The summed E-state index contributed by atoms with van der Waals surface area (Å²) < 4.78 is 37.5. The molecule has 1 aromatic carbocycles. The predicted octanol–water partition coefficient (Wildman–Crippen LogP) is 1.23. The molecule has 0 radical (unpaired) electrons. The molecule has 2 N–H and O–H groups in total. The van der Waals surface area contributed by atoms with E-state index in [1.165, 1.54) is 12.1 Å². The summed E-state index contributed by atoms with van der Waals surface area (Å²) in [7, 11) is -3.82. The van der Waals surface area contributed by atoms with Crippen LogP contribution in [0.25, 0.3) is 0 Å². The highest BCUT2D eigenvalue weighted by Gasteiger charge is 2.30. The third-order valence-corrected chi connectivity index (χ3v) is 6.24. The number of hydrogen-bond donors (Lipinski definition) is 2. The molecule has 8 nitrogen and oxygen atoms in total. The van der Waals surface area contributed by atoms with Gasteiger partial charge in [0, 0.05) is 19.2 Å². The summed E-state index contributed by atoms with van der Waals surface area (Å²) in [6, 6.07) is 3.73. The second-order valence-electron chi connectivity index (χ2n) is 6.56. The summed E-state index contributed by atoms with van der Waals surface area (Å²) in [5, 5.41) is 2.64. The number of benzene rings is 1. The van der Waals surface area contributed by atoms with Crippen molar-refractivity contribution in [3.05, 3.63) is 28.8 Å². The van der Waals surface area contributed by atoms with E-state index in [9.17, 15) is 18.0 Å². The highest BCUT2D eigenvalue weighted by atomic mass is 35.5. The third kappa shape index (κ3) is 5.65. The van der Waals surface area contributed by atoms with Crippen LogP contribution in [0, 0.1) is 0 Å². The van der Waals surface area contributed by atoms with Crippen LogP contribution in [-0.2, 0) is 24.3 Å². The van der Waals surface area contributed by atoms with Crippen molar-refractivity contribution in [3.8, 4) is 0 Å². The van der Waals surface area contributed by atoms with Crippen molar-refractivity contribution in [3.63, 3.8) is 0 Å². The maximum atomic E-state index is 12.3. The normalized spacial score (nSPS) is 19.7. The molecule has 0 unspecified atom stereocenters. The molecule has 1 amide bonds. The van der Waals surface area contributed by atoms with Gasteiger partial charge in [0.05, 0.1) is 16.7 Å². The summed E-state index contributed by atoms with van der Waals surface area (Å²) in [4.78, 5) is 23.7. The lowest BCUT2D eigenvalue weighted by molar-refractivity contribution is -0.124. The van der Waals surface area contributed by atoms with Crippen LogP contribution in [0.15, 0.2) is 23.1 Å². The van der Waals surface area contributed by atoms with Gasteiger partial charge in [0.1, 0.15) is 4.90 Å². The zero-order chi connectivity index (χ0) is 19.4. The number of nitrogens with one attached hydrogen (secondary N) is 2. The van der Waals surface area contributed by atoms with E-state index in [4.69, 9.17) is 21.1 Å². The van der Waals surface area contributed by atoms with Gasteiger partial charge in [0.15, 0.2) is 6.61 Å². The number of carbonyl (C=O) groups excluding carboxylic acids is 2. The Morgan fingerprint density at radius 3 is 2.70 bits per heavy atom. The van der Waals surface area contributed by atoms with Crippen molar-refractivity contribution in [1.82, 2.24) is 10.0 Å². The van der Waals surface area contributed by atoms with Crippen molar-refractivity contribution in [1.29, 1.82) is 0 Å². The molecule has 1 saturated carbocycles. The van der Waals surface area contributed by atoms with Gasteiger partial charge in [-0.2, -0.15) is 0 Å². The van der Waals surface area contributed by atoms with Gasteiger partial charge in [-0.1, -0.05) is 11.6 Å². The lowest BCUT2D eigenvalue weighted by atomic mass is 10.2. The Balaban J connectivity index is 1.56. The van der Waals surface area contributed by atoms with Crippen LogP contribution in [0.4, 0.5) is 0 Å². The number of esters is 1. The van der Waals surface area contributed by atoms with E-state index in [-0.39, 0.29) is 27.6 Å². The van der Waals surface area contributed by atoms with Crippen LogP contribution in [0.1, 0.15) is 36.0 Å². The van der Waals surface area contributed by atoms with Crippen LogP contribution < -0.4 is 10.0 Å². The molecule has 0 aromatic heterocycles. The zero-order valence-electron chi connectivity index (χ0n) is 14.6. The average molecular weight is 417 g/mol. The van der Waals surface area contributed by atoms with Crippen LogP contribution in [0.2, 0.25) is 5.02 Å². The van der Waals surface area contributed by atoms with Gasteiger partial charge in [-0.3, -0.25) is 4.79 Å². The smallest absolute Gasteiger partial charge is 0.338 e. The Labute approximate surface area is 162 Å². The summed E-state index contributed by atoms with van der Waals surface area (Å²) in [6.45, 7) is 0.593. The first-order valence-corrected chi connectivity index (χ1v) is 10.6. The maximum Gasteiger partial charge on any atom is 0.338 e. The first-order chi connectivity index (χ1) is 12.8. The van der Waals surface area contributed by atoms with Crippen molar-refractivity contribution >= 4 is 33.5 Å². The second-order valence-corrected chi connectivity index (χ2v) is 8.65. The lowest BCUT2D eigenvalue weighted by Gasteiger charge is -2.11. The van der Waals surface area contributed by atoms with Crippen molar-refractivity contribution in [2.24, 2.45) is 0 Å². The monoisotopic (exact) mass is 416 g/mol. The highest BCUT2D eigenvalue weighted by Crippen LogP contribution is 2.27. The van der Waals surface area contributed by atoms with E-state index in [0.717, 1.165) is 31.7 Å². The molecule has 0 bridgehead atoms. The molecule has 3 rings (SSSR count). The number of carbonyl (C=O) groups is 2. The van der Waals surface area contributed by atoms with E-state index < -0.39 is 28.5 Å². The maximum absolute atomic E-state index is 12.3. The fourth-order valence-electron chi connectivity index (χ4n) is 2.62. The summed E-state index contributed by atoms with van der Waals surface area (Å²) in [6.07, 6.45) is 3.40. The molecule has 1 saturated heterocycles. The number of halogens is 1. The Morgan fingerprint density at radius 2 is 2.04 bits per heavy atom. The van der Waals surface area contributed by atoms with Crippen molar-refractivity contribution in [2.45, 2.75) is 42.7 Å². The van der Waals surface area contributed by atoms with Crippen molar-refractivity contribution < 1.29 is 27.5 Å². The number of rotatable bonds is 8. The quantitative estimate of drug-likeness (QED) is 0.617. The Bertz CT molecular complexity index is 819. The third-order valence-electron chi connectivity index (χ3n) is 4.24. The van der Waals surface area contributed by atoms with Gasteiger partial charge in [0.25, 0.3) is 5.91 Å². The van der Waals surface area contributed by atoms with Gasteiger partial charge in [0.2, 0.25) is 10.0 Å². The molecule has 27 heavy (non-hydrogen) atoms. The minimum atomic E-state index is -3.82. The van der Waals surface area contributed by atoms with Gasteiger partial charge in [-0.05, 0) is 43.9 Å². The number of sulfonamides is 1. The molecule has 148 valence electrons. The van der Waals surface area contributed by atoms with E-state index in [1.54, 1.807) is 0 Å². The van der Waals surface area contributed by atoms with Crippen LogP contribution in [0.5, 0.6) is 0 Å². The lowest BCUT2D eigenvalue weighted by Crippen LogP contribution is -2.34. The topological polar surface area (TPSA) is 111 Å². The van der Waals surface area contributed by atoms with E-state index in [2.05, 4.69) is 10.0 Å².